The van der Waals surface area contributed by atoms with Crippen molar-refractivity contribution in [2.45, 2.75) is 37.8 Å². The number of rotatable bonds is 2. The SMILES string of the molecule is O=C=N[C@H]1CCCC[C@H]1N=C=O. The van der Waals surface area contributed by atoms with Gasteiger partial charge in [-0.3, -0.25) is 0 Å². The molecule has 1 fully saturated rings. The number of hydrogen-bond acceptors (Lipinski definition) is 4. The summed E-state index contributed by atoms with van der Waals surface area (Å²) in [6.45, 7) is 0. The summed E-state index contributed by atoms with van der Waals surface area (Å²) in [6, 6.07) is -0.282. The van der Waals surface area contributed by atoms with Crippen LogP contribution in [0.15, 0.2) is 9.98 Å². The summed E-state index contributed by atoms with van der Waals surface area (Å²) >= 11 is 0. The first kappa shape index (κ1) is 8.85. The molecule has 0 aromatic carbocycles. The Hall–Kier alpha value is -1.24. The van der Waals surface area contributed by atoms with Crippen LogP contribution in [0.4, 0.5) is 0 Å². The summed E-state index contributed by atoms with van der Waals surface area (Å²) in [4.78, 5) is 27.2. The molecule has 1 rings (SSSR count). The zero-order valence-electron chi connectivity index (χ0n) is 6.69. The summed E-state index contributed by atoms with van der Waals surface area (Å²) in [6.07, 6.45) is 6.76. The van der Waals surface area contributed by atoms with E-state index in [2.05, 4.69) is 9.98 Å². The maximum atomic E-state index is 9.99. The summed E-state index contributed by atoms with van der Waals surface area (Å²) in [5.74, 6) is 0. The maximum absolute atomic E-state index is 9.99. The topological polar surface area (TPSA) is 58.9 Å². The lowest BCUT2D eigenvalue weighted by Gasteiger charge is -2.22. The van der Waals surface area contributed by atoms with Gasteiger partial charge in [0.2, 0.25) is 12.2 Å². The summed E-state index contributed by atoms with van der Waals surface area (Å²) < 4.78 is 0. The van der Waals surface area contributed by atoms with Crippen molar-refractivity contribution in [3.8, 4) is 0 Å². The molecule has 0 bridgehead atoms. The first-order valence-electron chi connectivity index (χ1n) is 4.02. The average Bonchev–Trinajstić information content (AvgIpc) is 2.09. The van der Waals surface area contributed by atoms with Crippen LogP contribution in [-0.4, -0.2) is 24.2 Å². The van der Waals surface area contributed by atoms with Gasteiger partial charge in [-0.25, -0.2) is 19.6 Å². The lowest BCUT2D eigenvalue weighted by atomic mass is 9.91. The lowest BCUT2D eigenvalue weighted by molar-refractivity contribution is 0.384. The van der Waals surface area contributed by atoms with Crippen molar-refractivity contribution in [1.82, 2.24) is 0 Å². The fourth-order valence-electron chi connectivity index (χ4n) is 1.53. The lowest BCUT2D eigenvalue weighted by Crippen LogP contribution is -2.26. The highest BCUT2D eigenvalue weighted by molar-refractivity contribution is 5.36. The van der Waals surface area contributed by atoms with Crippen LogP contribution in [-0.2, 0) is 9.59 Å². The third-order valence-electron chi connectivity index (χ3n) is 2.13. The second kappa shape index (κ2) is 4.60. The van der Waals surface area contributed by atoms with Crippen molar-refractivity contribution in [3.05, 3.63) is 0 Å². The third kappa shape index (κ3) is 2.12. The molecule has 0 aromatic rings. The maximum Gasteiger partial charge on any atom is 0.235 e. The molecule has 1 aliphatic rings. The minimum atomic E-state index is -0.141. The molecule has 2 atom stereocenters. The smallest absolute Gasteiger partial charge is 0.211 e. The molecule has 0 unspecified atom stereocenters. The van der Waals surface area contributed by atoms with Crippen molar-refractivity contribution in [2.24, 2.45) is 9.98 Å². The van der Waals surface area contributed by atoms with Gasteiger partial charge in [-0.05, 0) is 12.8 Å². The Bertz CT molecular complexity index is 213. The molecule has 64 valence electrons. The molecule has 0 N–H and O–H groups in total. The quantitative estimate of drug-likeness (QED) is 0.453. The van der Waals surface area contributed by atoms with Crippen molar-refractivity contribution < 1.29 is 9.59 Å². The second-order valence-corrected chi connectivity index (χ2v) is 2.86. The van der Waals surface area contributed by atoms with E-state index in [0.29, 0.717) is 0 Å². The van der Waals surface area contributed by atoms with Crippen LogP contribution in [0.5, 0.6) is 0 Å². The van der Waals surface area contributed by atoms with Crippen LogP contribution in [0.2, 0.25) is 0 Å². The highest BCUT2D eigenvalue weighted by Crippen LogP contribution is 2.22. The first-order valence-corrected chi connectivity index (χ1v) is 4.02. The second-order valence-electron chi connectivity index (χ2n) is 2.86. The molecule has 0 amide bonds. The van der Waals surface area contributed by atoms with E-state index in [1.165, 1.54) is 12.2 Å². The van der Waals surface area contributed by atoms with Crippen molar-refractivity contribution >= 4 is 12.2 Å². The Morgan fingerprint density at radius 2 is 1.33 bits per heavy atom. The summed E-state index contributed by atoms with van der Waals surface area (Å²) in [5, 5.41) is 0. The van der Waals surface area contributed by atoms with Crippen molar-refractivity contribution in [3.63, 3.8) is 0 Å². The Morgan fingerprint density at radius 3 is 1.67 bits per heavy atom. The van der Waals surface area contributed by atoms with Crippen LogP contribution in [0.3, 0.4) is 0 Å². The molecule has 0 spiro atoms. The van der Waals surface area contributed by atoms with E-state index in [-0.39, 0.29) is 12.1 Å². The molecule has 0 aliphatic heterocycles. The van der Waals surface area contributed by atoms with Crippen LogP contribution in [0.25, 0.3) is 0 Å². The van der Waals surface area contributed by atoms with Gasteiger partial charge >= 0.3 is 0 Å². The van der Waals surface area contributed by atoms with E-state index in [4.69, 9.17) is 0 Å². The normalized spacial score (nSPS) is 28.3. The Kier molecular flexibility index (Phi) is 3.39. The molecular formula is C8H10N2O2. The minimum Gasteiger partial charge on any atom is -0.211 e. The Labute approximate surface area is 70.4 Å². The van der Waals surface area contributed by atoms with Crippen LogP contribution < -0.4 is 0 Å². The highest BCUT2D eigenvalue weighted by Gasteiger charge is 2.23. The molecule has 0 radical (unpaired) electrons. The van der Waals surface area contributed by atoms with Gasteiger partial charge in [0.1, 0.15) is 0 Å². The molecule has 1 saturated carbocycles. The fourth-order valence-corrected chi connectivity index (χ4v) is 1.53. The van der Waals surface area contributed by atoms with Gasteiger partial charge in [-0.2, -0.15) is 0 Å². The number of hydrogen-bond donors (Lipinski definition) is 0. The predicted octanol–water partition coefficient (Wildman–Crippen LogP) is 0.969. The van der Waals surface area contributed by atoms with E-state index >= 15 is 0 Å². The van der Waals surface area contributed by atoms with Crippen LogP contribution in [0, 0.1) is 0 Å². The third-order valence-corrected chi connectivity index (χ3v) is 2.13. The number of aliphatic imine (C=N–C) groups is 2. The number of isocyanates is 2. The van der Waals surface area contributed by atoms with Gasteiger partial charge < -0.3 is 0 Å². The summed E-state index contributed by atoms with van der Waals surface area (Å²) in [5.41, 5.74) is 0. The van der Waals surface area contributed by atoms with Crippen molar-refractivity contribution in [2.75, 3.05) is 0 Å². The van der Waals surface area contributed by atoms with Crippen LogP contribution in [0.1, 0.15) is 25.7 Å². The molecule has 0 aromatic heterocycles. The molecule has 4 nitrogen and oxygen atoms in total. The number of carbonyl (C=O) groups excluding carboxylic acids is 2. The number of nitrogens with zero attached hydrogens (tertiary/aromatic N) is 2. The van der Waals surface area contributed by atoms with E-state index in [9.17, 15) is 9.59 Å². The molecular weight excluding hydrogens is 156 g/mol. The summed E-state index contributed by atoms with van der Waals surface area (Å²) in [7, 11) is 0. The van der Waals surface area contributed by atoms with Gasteiger partial charge in [-0.1, -0.05) is 12.8 Å². The standard InChI is InChI=1S/C8H10N2O2/c11-5-9-7-3-1-2-4-8(7)10-6-12/h7-8H,1-4H2/t7-,8+. The highest BCUT2D eigenvalue weighted by atomic mass is 16.1. The zero-order chi connectivity index (χ0) is 8.81. The van der Waals surface area contributed by atoms with Gasteiger partial charge in [0.05, 0.1) is 12.1 Å². The molecule has 0 saturated heterocycles. The Balaban J connectivity index is 2.65. The monoisotopic (exact) mass is 166 g/mol. The van der Waals surface area contributed by atoms with E-state index in [1.54, 1.807) is 0 Å². The fraction of sp³-hybridized carbons (Fsp3) is 0.750. The van der Waals surface area contributed by atoms with Gasteiger partial charge in [-0.15, -0.1) is 0 Å². The first-order chi connectivity index (χ1) is 5.88. The van der Waals surface area contributed by atoms with Crippen molar-refractivity contribution in [1.29, 1.82) is 0 Å². The molecule has 4 heteroatoms. The zero-order valence-corrected chi connectivity index (χ0v) is 6.69. The molecule has 0 heterocycles. The Morgan fingerprint density at radius 1 is 0.917 bits per heavy atom. The molecule has 1 aliphatic carbocycles. The van der Waals surface area contributed by atoms with Crippen LogP contribution >= 0.6 is 0 Å². The predicted molar refractivity (Wildman–Crippen MR) is 42.3 cm³/mol. The minimum absolute atomic E-state index is 0.141. The van der Waals surface area contributed by atoms with E-state index in [1.807, 2.05) is 0 Å². The van der Waals surface area contributed by atoms with E-state index < -0.39 is 0 Å². The van der Waals surface area contributed by atoms with Gasteiger partial charge in [0.25, 0.3) is 0 Å². The van der Waals surface area contributed by atoms with Gasteiger partial charge in [0, 0.05) is 0 Å². The largest absolute Gasteiger partial charge is 0.235 e. The molecule has 12 heavy (non-hydrogen) atoms. The van der Waals surface area contributed by atoms with E-state index in [0.717, 1.165) is 25.7 Å². The average molecular weight is 166 g/mol. The van der Waals surface area contributed by atoms with Gasteiger partial charge in [0.15, 0.2) is 0 Å².